The van der Waals surface area contributed by atoms with Gasteiger partial charge in [0.1, 0.15) is 0 Å². The number of halogens is 2. The van der Waals surface area contributed by atoms with Crippen LogP contribution in [0.5, 0.6) is 5.75 Å². The highest BCUT2D eigenvalue weighted by molar-refractivity contribution is 8.13. The number of hydrogen-bond acceptors (Lipinski definition) is 4. The Hall–Kier alpha value is -1.32. The zero-order valence-corrected chi connectivity index (χ0v) is 12.8. The van der Waals surface area contributed by atoms with Crippen LogP contribution in [0.25, 0.3) is 0 Å². The van der Waals surface area contributed by atoms with E-state index in [1.807, 2.05) is 13.8 Å². The van der Waals surface area contributed by atoms with E-state index in [9.17, 15) is 12.8 Å². The number of nitrogens with zero attached hydrogens (tertiary/aromatic N) is 1. The lowest BCUT2D eigenvalue weighted by molar-refractivity contribution is 0.272. The summed E-state index contributed by atoms with van der Waals surface area (Å²) >= 11 is 0. The third kappa shape index (κ3) is 4.99. The van der Waals surface area contributed by atoms with Gasteiger partial charge in [-0.1, -0.05) is 0 Å². The fraction of sp³-hybridized carbons (Fsp3) is 0.462. The van der Waals surface area contributed by atoms with Crippen molar-refractivity contribution in [2.75, 3.05) is 6.61 Å². The summed E-state index contributed by atoms with van der Waals surface area (Å²) in [5, 5.41) is 8.84. The summed E-state index contributed by atoms with van der Waals surface area (Å²) in [4.78, 5) is -0.311. The van der Waals surface area contributed by atoms with Gasteiger partial charge in [-0.2, -0.15) is 5.26 Å². The zero-order valence-electron chi connectivity index (χ0n) is 11.2. The molecule has 1 aromatic rings. The predicted octanol–water partition coefficient (Wildman–Crippen LogP) is 3.46. The van der Waals surface area contributed by atoms with E-state index >= 15 is 0 Å². The van der Waals surface area contributed by atoms with Gasteiger partial charge < -0.3 is 4.74 Å². The van der Waals surface area contributed by atoms with Crippen molar-refractivity contribution in [2.24, 2.45) is 5.41 Å². The van der Waals surface area contributed by atoms with E-state index in [1.165, 1.54) is 12.1 Å². The van der Waals surface area contributed by atoms with Crippen LogP contribution in [0.2, 0.25) is 0 Å². The Bertz CT molecular complexity index is 623. The van der Waals surface area contributed by atoms with Crippen molar-refractivity contribution in [1.82, 2.24) is 0 Å². The first-order valence-corrected chi connectivity index (χ1v) is 8.25. The van der Waals surface area contributed by atoms with E-state index in [0.717, 1.165) is 6.07 Å². The quantitative estimate of drug-likeness (QED) is 0.595. The maximum atomic E-state index is 13.6. The summed E-state index contributed by atoms with van der Waals surface area (Å²) in [6, 6.07) is 5.38. The minimum atomic E-state index is -3.95. The van der Waals surface area contributed by atoms with Gasteiger partial charge in [-0.25, -0.2) is 12.8 Å². The molecule has 0 atom stereocenters. The fourth-order valence-corrected chi connectivity index (χ4v) is 2.27. The van der Waals surface area contributed by atoms with Gasteiger partial charge >= 0.3 is 0 Å². The van der Waals surface area contributed by atoms with Gasteiger partial charge in [-0.3, -0.25) is 0 Å². The van der Waals surface area contributed by atoms with Crippen molar-refractivity contribution >= 4 is 19.7 Å². The molecule has 0 amide bonds. The van der Waals surface area contributed by atoms with Gasteiger partial charge in [-0.05, 0) is 44.9 Å². The Morgan fingerprint density at radius 2 is 2.10 bits per heavy atom. The van der Waals surface area contributed by atoms with Gasteiger partial charge in [0.05, 0.1) is 23.0 Å². The standard InChI is InChI=1S/C13H15ClFNO3S/c1-13(2,9-16)6-3-7-19-12-5-4-10(8-11(12)15)20(14,17)18/h4-5,8H,3,6-7H2,1-2H3. The first-order chi connectivity index (χ1) is 9.15. The Morgan fingerprint density at radius 1 is 1.45 bits per heavy atom. The fourth-order valence-electron chi connectivity index (χ4n) is 1.50. The zero-order chi connectivity index (χ0) is 15.4. The maximum absolute atomic E-state index is 13.6. The van der Waals surface area contributed by atoms with Crippen molar-refractivity contribution < 1.29 is 17.5 Å². The van der Waals surface area contributed by atoms with Gasteiger partial charge in [0.25, 0.3) is 9.05 Å². The Morgan fingerprint density at radius 3 is 2.60 bits per heavy atom. The summed E-state index contributed by atoms with van der Waals surface area (Å²) in [6.07, 6.45) is 1.22. The second kappa shape index (κ2) is 6.42. The number of nitriles is 1. The molecule has 0 aromatic heterocycles. The summed E-state index contributed by atoms with van der Waals surface area (Å²) in [7, 11) is 1.16. The van der Waals surface area contributed by atoms with Gasteiger partial charge in [0.2, 0.25) is 0 Å². The molecule has 0 aliphatic carbocycles. The number of rotatable bonds is 6. The molecule has 0 saturated heterocycles. The average molecular weight is 320 g/mol. The predicted molar refractivity (Wildman–Crippen MR) is 73.6 cm³/mol. The first-order valence-electron chi connectivity index (χ1n) is 5.94. The smallest absolute Gasteiger partial charge is 0.261 e. The van der Waals surface area contributed by atoms with Crippen LogP contribution in [0.15, 0.2) is 23.1 Å². The molecule has 0 aliphatic rings. The summed E-state index contributed by atoms with van der Waals surface area (Å²) in [5.41, 5.74) is -0.446. The largest absolute Gasteiger partial charge is 0.491 e. The van der Waals surface area contributed by atoms with E-state index in [4.69, 9.17) is 20.7 Å². The van der Waals surface area contributed by atoms with E-state index in [2.05, 4.69) is 6.07 Å². The first kappa shape index (κ1) is 16.7. The number of hydrogen-bond donors (Lipinski definition) is 0. The van der Waals surface area contributed by atoms with Gasteiger partial charge in [-0.15, -0.1) is 0 Å². The summed E-state index contributed by atoms with van der Waals surface area (Å²) in [5.74, 6) is -0.824. The second-order valence-electron chi connectivity index (χ2n) is 4.98. The van der Waals surface area contributed by atoms with Crippen molar-refractivity contribution in [1.29, 1.82) is 5.26 Å². The molecule has 0 bridgehead atoms. The van der Waals surface area contributed by atoms with E-state index in [1.54, 1.807) is 0 Å². The van der Waals surface area contributed by atoms with Crippen LogP contribution >= 0.6 is 10.7 Å². The van der Waals surface area contributed by atoms with E-state index in [0.29, 0.717) is 12.8 Å². The molecule has 0 spiro atoms. The molecule has 0 aliphatic heterocycles. The van der Waals surface area contributed by atoms with Crippen LogP contribution < -0.4 is 4.74 Å². The molecule has 4 nitrogen and oxygen atoms in total. The lowest BCUT2D eigenvalue weighted by Crippen LogP contribution is -2.10. The van der Waals surface area contributed by atoms with E-state index in [-0.39, 0.29) is 17.3 Å². The Kier molecular flexibility index (Phi) is 5.37. The molecule has 0 fully saturated rings. The highest BCUT2D eigenvalue weighted by Gasteiger charge is 2.17. The van der Waals surface area contributed by atoms with Gasteiger partial charge in [0.15, 0.2) is 11.6 Å². The molecule has 7 heteroatoms. The van der Waals surface area contributed by atoms with Crippen molar-refractivity contribution in [3.8, 4) is 11.8 Å². The maximum Gasteiger partial charge on any atom is 0.261 e. The van der Waals surface area contributed by atoms with Gasteiger partial charge in [0, 0.05) is 10.7 Å². The van der Waals surface area contributed by atoms with Crippen LogP contribution in [-0.4, -0.2) is 15.0 Å². The number of ether oxygens (including phenoxy) is 1. The molecule has 110 valence electrons. The molecular formula is C13H15ClFNO3S. The lowest BCUT2D eigenvalue weighted by atomic mass is 9.90. The lowest BCUT2D eigenvalue weighted by Gasteiger charge is -2.15. The highest BCUT2D eigenvalue weighted by Crippen LogP contribution is 2.24. The van der Waals surface area contributed by atoms with Crippen LogP contribution in [0, 0.1) is 22.6 Å². The monoisotopic (exact) mass is 319 g/mol. The molecule has 0 heterocycles. The van der Waals surface area contributed by atoms with Crippen LogP contribution in [-0.2, 0) is 9.05 Å². The Balaban J connectivity index is 2.61. The summed E-state index contributed by atoms with van der Waals surface area (Å²) < 4.78 is 40.9. The molecule has 1 rings (SSSR count). The molecule has 0 unspecified atom stereocenters. The van der Waals surface area contributed by atoms with Crippen LogP contribution in [0.4, 0.5) is 4.39 Å². The third-order valence-electron chi connectivity index (χ3n) is 2.69. The topological polar surface area (TPSA) is 67.2 Å². The van der Waals surface area contributed by atoms with Crippen LogP contribution in [0.3, 0.4) is 0 Å². The minimum absolute atomic E-state index is 0.0381. The molecule has 0 radical (unpaired) electrons. The van der Waals surface area contributed by atoms with Crippen molar-refractivity contribution in [2.45, 2.75) is 31.6 Å². The number of benzene rings is 1. The normalized spacial score (nSPS) is 11.9. The average Bonchev–Trinajstić information content (AvgIpc) is 2.35. The molecular weight excluding hydrogens is 305 g/mol. The minimum Gasteiger partial charge on any atom is -0.491 e. The molecule has 20 heavy (non-hydrogen) atoms. The third-order valence-corrected chi connectivity index (χ3v) is 4.04. The Labute approximate surface area is 122 Å². The molecule has 0 N–H and O–H groups in total. The van der Waals surface area contributed by atoms with Crippen molar-refractivity contribution in [3.05, 3.63) is 24.0 Å². The van der Waals surface area contributed by atoms with Crippen LogP contribution in [0.1, 0.15) is 26.7 Å². The second-order valence-corrected chi connectivity index (χ2v) is 7.54. The molecule has 1 aromatic carbocycles. The SMILES string of the molecule is CC(C)(C#N)CCCOc1ccc(S(=O)(=O)Cl)cc1F. The molecule has 0 saturated carbocycles. The highest BCUT2D eigenvalue weighted by atomic mass is 35.7. The van der Waals surface area contributed by atoms with Crippen molar-refractivity contribution in [3.63, 3.8) is 0 Å². The summed E-state index contributed by atoms with van der Waals surface area (Å²) in [6.45, 7) is 3.87. The van der Waals surface area contributed by atoms with E-state index < -0.39 is 20.3 Å².